The van der Waals surface area contributed by atoms with Crippen molar-refractivity contribution in [3.63, 3.8) is 0 Å². The molecule has 0 amide bonds. The Kier molecular flexibility index (Phi) is 17.4. The van der Waals surface area contributed by atoms with Gasteiger partial charge in [0.15, 0.2) is 0 Å². The van der Waals surface area contributed by atoms with Crippen LogP contribution in [0.1, 0.15) is 33.3 Å². The summed E-state index contributed by atoms with van der Waals surface area (Å²) >= 11 is 0. The van der Waals surface area contributed by atoms with Crippen LogP contribution < -0.4 is 4.90 Å². The van der Waals surface area contributed by atoms with E-state index in [0.29, 0.717) is 0 Å². The topological polar surface area (TPSA) is 20.3 Å². The van der Waals surface area contributed by atoms with Crippen molar-refractivity contribution in [3.8, 4) is 0 Å². The van der Waals surface area contributed by atoms with Crippen LogP contribution in [0.4, 0.5) is 5.69 Å². The van der Waals surface area contributed by atoms with Gasteiger partial charge in [-0.1, -0.05) is 129 Å². The minimum Gasteiger partial charge on any atom is -0.317 e. The Morgan fingerprint density at radius 1 is 0.659 bits per heavy atom. The number of carbonyl (C=O) groups is 1. The molecule has 0 unspecified atom stereocenters. The zero-order chi connectivity index (χ0) is 30.3. The minimum atomic E-state index is 0.790. The average Bonchev–Trinajstić information content (AvgIpc) is 2.99. The lowest BCUT2D eigenvalue weighted by Gasteiger charge is -2.24. The maximum absolute atomic E-state index is 10.8. The first-order chi connectivity index (χ1) is 20.0. The highest BCUT2D eigenvalue weighted by Crippen LogP contribution is 2.28. The predicted molar refractivity (Wildman–Crippen MR) is 183 cm³/mol. The second-order valence-electron chi connectivity index (χ2n) is 8.55. The molecule has 41 heavy (non-hydrogen) atoms. The first-order valence-corrected chi connectivity index (χ1v) is 13.6. The molecule has 0 saturated carbocycles. The highest BCUT2D eigenvalue weighted by molar-refractivity contribution is 5.69. The van der Waals surface area contributed by atoms with Gasteiger partial charge in [0.05, 0.1) is 0 Å². The fourth-order valence-corrected chi connectivity index (χ4v) is 3.64. The summed E-state index contributed by atoms with van der Waals surface area (Å²) in [5.74, 6) is 0. The summed E-state index contributed by atoms with van der Waals surface area (Å²) in [5, 5.41) is 0. The number of anilines is 1. The molecule has 1 rings (SSSR count). The highest BCUT2D eigenvalue weighted by atomic mass is 16.1. The van der Waals surface area contributed by atoms with E-state index in [1.54, 1.807) is 0 Å². The molecule has 0 fully saturated rings. The quantitative estimate of drug-likeness (QED) is 0.118. The summed E-state index contributed by atoms with van der Waals surface area (Å²) in [5.41, 5.74) is 6.67. The number of benzene rings is 1. The normalized spacial score (nSPS) is 13.8. The number of nitrogens with zero attached hydrogens (tertiary/aromatic N) is 1. The third-order valence-electron chi connectivity index (χ3n) is 5.68. The van der Waals surface area contributed by atoms with E-state index in [0.717, 1.165) is 45.5 Å². The predicted octanol–water partition coefficient (Wildman–Crippen LogP) is 10.7. The molecule has 2 nitrogen and oxygen atoms in total. The average molecular weight is 542 g/mol. The van der Waals surface area contributed by atoms with Crippen molar-refractivity contribution in [3.05, 3.63) is 193 Å². The van der Waals surface area contributed by atoms with Gasteiger partial charge in [-0.15, -0.1) is 0 Å². The van der Waals surface area contributed by atoms with Crippen molar-refractivity contribution in [2.75, 3.05) is 4.90 Å². The van der Waals surface area contributed by atoms with Crippen molar-refractivity contribution in [2.45, 2.75) is 27.7 Å². The van der Waals surface area contributed by atoms with E-state index in [4.69, 9.17) is 0 Å². The van der Waals surface area contributed by atoms with E-state index in [1.165, 1.54) is 6.08 Å². The smallest absolute Gasteiger partial charge is 0.143 e. The van der Waals surface area contributed by atoms with Gasteiger partial charge in [-0.05, 0) is 80.3 Å². The number of hydrogen-bond donors (Lipinski definition) is 0. The zero-order valence-electron chi connectivity index (χ0n) is 24.9. The number of allylic oxidation sites excluding steroid dienone is 22. The van der Waals surface area contributed by atoms with Crippen molar-refractivity contribution in [1.29, 1.82) is 0 Å². The molecule has 1 aromatic carbocycles. The molecule has 0 saturated heterocycles. The van der Waals surface area contributed by atoms with Gasteiger partial charge in [-0.2, -0.15) is 0 Å². The Balaban J connectivity index is 3.72. The minimum absolute atomic E-state index is 0.790. The lowest BCUT2D eigenvalue weighted by molar-refractivity contribution is -0.104. The summed E-state index contributed by atoms with van der Waals surface area (Å²) in [4.78, 5) is 12.9. The molecule has 0 aromatic heterocycles. The Hall–Kier alpha value is -4.95. The monoisotopic (exact) mass is 541 g/mol. The molecular weight excluding hydrogens is 498 g/mol. The van der Waals surface area contributed by atoms with E-state index in [-0.39, 0.29) is 0 Å². The third-order valence-corrected chi connectivity index (χ3v) is 5.68. The van der Waals surface area contributed by atoms with Gasteiger partial charge in [-0.3, -0.25) is 4.79 Å². The molecule has 0 bridgehead atoms. The van der Waals surface area contributed by atoms with Gasteiger partial charge in [0.2, 0.25) is 0 Å². The molecule has 0 aliphatic carbocycles. The SMILES string of the molecule is C=C/C(=C\C=C/C)C(=CN(/C(C=C)=C/C=C\C)c1ccc(/C=C/C=C/C(/C=C\C)=C/C=O)cc1)/C(C=C)=C/C=C\C. The molecule has 0 N–H and O–H groups in total. The van der Waals surface area contributed by atoms with Gasteiger partial charge < -0.3 is 4.90 Å². The molecule has 2 heteroatoms. The number of hydrogen-bond acceptors (Lipinski definition) is 2. The Bertz CT molecular complexity index is 1320. The second kappa shape index (κ2) is 20.9. The van der Waals surface area contributed by atoms with Gasteiger partial charge in [0, 0.05) is 23.2 Å². The summed E-state index contributed by atoms with van der Waals surface area (Å²) in [6.45, 7) is 20.1. The maximum Gasteiger partial charge on any atom is 0.143 e. The summed E-state index contributed by atoms with van der Waals surface area (Å²) in [6, 6.07) is 8.29. The fourth-order valence-electron chi connectivity index (χ4n) is 3.64. The van der Waals surface area contributed by atoms with E-state index in [2.05, 4.69) is 55.1 Å². The first kappa shape index (κ1) is 34.1. The third kappa shape index (κ3) is 12.2. The fraction of sp³-hybridized carbons (Fsp3) is 0.103. The van der Waals surface area contributed by atoms with E-state index in [9.17, 15) is 4.79 Å². The number of aldehydes is 1. The number of carbonyl (C=O) groups excluding carboxylic acids is 1. The summed E-state index contributed by atoms with van der Waals surface area (Å²) in [7, 11) is 0. The lowest BCUT2D eigenvalue weighted by Crippen LogP contribution is -2.16. The number of rotatable bonds is 16. The van der Waals surface area contributed by atoms with Gasteiger partial charge in [0.1, 0.15) is 6.29 Å². The van der Waals surface area contributed by atoms with E-state index < -0.39 is 0 Å². The molecular formula is C39H43NO. The molecule has 1 aromatic rings. The molecule has 210 valence electrons. The standard InChI is InChI=1S/C39H43NO/c1-8-15-23-35(12-5)39(36(13-6)24-16-9-2)32-40(37(14-7)25-17-10-3)38-28-26-34(27-29-38)22-19-18-21-33(20-11-4)30-31-41/h8-32H,5-7H2,1-4H3/b15-8-,16-9-,17-10-,20-11-,21-18+,22-19+,33-30+,35-23+,36-24+,37-25+. The lowest BCUT2D eigenvalue weighted by atomic mass is 9.97. The van der Waals surface area contributed by atoms with Crippen LogP contribution in [0, 0.1) is 0 Å². The largest absolute Gasteiger partial charge is 0.317 e. The van der Waals surface area contributed by atoms with Gasteiger partial charge >= 0.3 is 0 Å². The van der Waals surface area contributed by atoms with E-state index >= 15 is 0 Å². The van der Waals surface area contributed by atoms with Crippen molar-refractivity contribution < 1.29 is 4.79 Å². The summed E-state index contributed by atoms with van der Waals surface area (Å²) < 4.78 is 0. The maximum atomic E-state index is 10.8. The van der Waals surface area contributed by atoms with Crippen LogP contribution >= 0.6 is 0 Å². The molecule has 0 atom stereocenters. The second-order valence-corrected chi connectivity index (χ2v) is 8.55. The highest BCUT2D eigenvalue weighted by Gasteiger charge is 2.13. The van der Waals surface area contributed by atoms with Crippen LogP contribution in [0.15, 0.2) is 188 Å². The Morgan fingerprint density at radius 2 is 1.24 bits per heavy atom. The molecule has 0 radical (unpaired) electrons. The Morgan fingerprint density at radius 3 is 1.73 bits per heavy atom. The van der Waals surface area contributed by atoms with Crippen molar-refractivity contribution in [2.24, 2.45) is 0 Å². The van der Waals surface area contributed by atoms with Crippen LogP contribution in [0.3, 0.4) is 0 Å². The Labute approximate surface area is 248 Å². The molecule has 0 heterocycles. The van der Waals surface area contributed by atoms with Crippen LogP contribution in [0.5, 0.6) is 0 Å². The molecule has 0 aliphatic heterocycles. The molecule has 0 aliphatic rings. The van der Waals surface area contributed by atoms with Crippen LogP contribution in [0.25, 0.3) is 6.08 Å². The van der Waals surface area contributed by atoms with Gasteiger partial charge in [-0.25, -0.2) is 0 Å². The summed E-state index contributed by atoms with van der Waals surface area (Å²) in [6.07, 6.45) is 39.6. The van der Waals surface area contributed by atoms with E-state index in [1.807, 2.05) is 137 Å². The molecule has 0 spiro atoms. The van der Waals surface area contributed by atoms with Crippen molar-refractivity contribution >= 4 is 18.0 Å². The zero-order valence-corrected chi connectivity index (χ0v) is 24.9. The van der Waals surface area contributed by atoms with Crippen LogP contribution in [-0.2, 0) is 4.79 Å². The van der Waals surface area contributed by atoms with Crippen molar-refractivity contribution in [1.82, 2.24) is 0 Å². The first-order valence-electron chi connectivity index (χ1n) is 13.6. The van der Waals surface area contributed by atoms with Gasteiger partial charge in [0.25, 0.3) is 0 Å². The van der Waals surface area contributed by atoms with Crippen LogP contribution in [0.2, 0.25) is 0 Å². The van der Waals surface area contributed by atoms with Crippen LogP contribution in [-0.4, -0.2) is 6.29 Å².